The van der Waals surface area contributed by atoms with Crippen molar-refractivity contribution in [2.45, 2.75) is 12.6 Å². The molecule has 0 atom stereocenters. The predicted molar refractivity (Wildman–Crippen MR) is 104 cm³/mol. The molecular weight excluding hydrogens is 435 g/mol. The first-order valence-corrected chi connectivity index (χ1v) is 11.1. The molecule has 0 bridgehead atoms. The van der Waals surface area contributed by atoms with E-state index in [0.29, 0.717) is 36.6 Å². The molecule has 1 aliphatic rings. The van der Waals surface area contributed by atoms with Crippen molar-refractivity contribution in [3.05, 3.63) is 28.8 Å². The molecule has 0 spiro atoms. The lowest BCUT2D eigenvalue weighted by Gasteiger charge is -2.26. The summed E-state index contributed by atoms with van der Waals surface area (Å²) in [6.45, 7) is 3.33. The van der Waals surface area contributed by atoms with Crippen LogP contribution in [0.5, 0.6) is 0 Å². The van der Waals surface area contributed by atoms with Crippen LogP contribution in [0.3, 0.4) is 0 Å². The van der Waals surface area contributed by atoms with Gasteiger partial charge in [0.2, 0.25) is 15.9 Å². The van der Waals surface area contributed by atoms with Crippen molar-refractivity contribution in [2.75, 3.05) is 56.5 Å². The van der Waals surface area contributed by atoms with Crippen LogP contribution in [0.4, 0.5) is 18.9 Å². The van der Waals surface area contributed by atoms with Gasteiger partial charge in [0.05, 0.1) is 35.7 Å². The van der Waals surface area contributed by atoms with Crippen molar-refractivity contribution >= 4 is 33.2 Å². The van der Waals surface area contributed by atoms with Gasteiger partial charge >= 0.3 is 6.18 Å². The number of anilines is 1. The van der Waals surface area contributed by atoms with E-state index in [1.54, 1.807) is 0 Å². The number of carbonyl (C=O) groups is 1. The number of hydrogen-bond donors (Lipinski definition) is 1. The number of nitrogens with one attached hydrogen (secondary N) is 1. The highest BCUT2D eigenvalue weighted by Crippen LogP contribution is 2.36. The summed E-state index contributed by atoms with van der Waals surface area (Å²) < 4.78 is 69.0. The van der Waals surface area contributed by atoms with Crippen LogP contribution in [0.2, 0.25) is 5.02 Å². The number of sulfonamides is 1. The average Bonchev–Trinajstić information content (AvgIpc) is 2.63. The molecule has 164 valence electrons. The van der Waals surface area contributed by atoms with Crippen LogP contribution in [-0.4, -0.2) is 71.4 Å². The number of benzene rings is 1. The van der Waals surface area contributed by atoms with Gasteiger partial charge in [-0.3, -0.25) is 14.0 Å². The Morgan fingerprint density at radius 3 is 2.55 bits per heavy atom. The molecule has 0 unspecified atom stereocenters. The second-order valence-electron chi connectivity index (χ2n) is 6.59. The Morgan fingerprint density at radius 2 is 1.97 bits per heavy atom. The van der Waals surface area contributed by atoms with E-state index in [1.165, 1.54) is 0 Å². The molecule has 0 aromatic heterocycles. The molecule has 0 radical (unpaired) electrons. The highest BCUT2D eigenvalue weighted by molar-refractivity contribution is 7.92. The van der Waals surface area contributed by atoms with E-state index >= 15 is 0 Å². The fourth-order valence-electron chi connectivity index (χ4n) is 2.80. The quantitative estimate of drug-likeness (QED) is 0.604. The first-order valence-electron chi connectivity index (χ1n) is 8.90. The van der Waals surface area contributed by atoms with Gasteiger partial charge in [-0.2, -0.15) is 13.2 Å². The Balaban J connectivity index is 2.01. The number of nitrogens with zero attached hydrogens (tertiary/aromatic N) is 2. The van der Waals surface area contributed by atoms with Gasteiger partial charge in [0.25, 0.3) is 0 Å². The van der Waals surface area contributed by atoms with E-state index in [9.17, 15) is 26.4 Å². The molecule has 1 aliphatic heterocycles. The van der Waals surface area contributed by atoms with Gasteiger partial charge in [-0.15, -0.1) is 0 Å². The van der Waals surface area contributed by atoms with Crippen molar-refractivity contribution in [3.8, 4) is 0 Å². The fourth-order valence-corrected chi connectivity index (χ4v) is 3.93. The van der Waals surface area contributed by atoms with Crippen LogP contribution in [0.1, 0.15) is 12.0 Å². The molecule has 0 saturated carbocycles. The summed E-state index contributed by atoms with van der Waals surface area (Å²) in [5.41, 5.74) is -1.45. The van der Waals surface area contributed by atoms with E-state index in [0.717, 1.165) is 38.0 Å². The summed E-state index contributed by atoms with van der Waals surface area (Å²) >= 11 is 5.92. The number of halogens is 4. The Kier molecular flexibility index (Phi) is 8.15. The minimum Gasteiger partial charge on any atom is -0.379 e. The van der Waals surface area contributed by atoms with Crippen molar-refractivity contribution in [1.29, 1.82) is 0 Å². The van der Waals surface area contributed by atoms with Crippen LogP contribution in [0, 0.1) is 0 Å². The van der Waals surface area contributed by atoms with Crippen LogP contribution in [0.15, 0.2) is 18.2 Å². The molecule has 1 fully saturated rings. The van der Waals surface area contributed by atoms with Gasteiger partial charge in [0.15, 0.2) is 0 Å². The molecule has 2 rings (SSSR count). The maximum absolute atomic E-state index is 13.0. The zero-order chi connectivity index (χ0) is 21.7. The topological polar surface area (TPSA) is 79.0 Å². The van der Waals surface area contributed by atoms with E-state index in [2.05, 4.69) is 10.2 Å². The molecule has 1 saturated heterocycles. The third-order valence-corrected chi connectivity index (χ3v) is 5.75. The lowest BCUT2D eigenvalue weighted by atomic mass is 10.2. The predicted octanol–water partition coefficient (Wildman–Crippen LogP) is 1.96. The Morgan fingerprint density at radius 1 is 1.31 bits per heavy atom. The molecule has 0 aliphatic carbocycles. The van der Waals surface area contributed by atoms with E-state index in [4.69, 9.17) is 16.3 Å². The standard InChI is InChI=1S/C17H23ClF3N3O4S/c1-29(26,27)24(15-11-13(17(19,20)21)3-4-14(15)18)12-16(25)22-5-2-6-23-7-9-28-10-8-23/h3-4,11H,2,5-10,12H2,1H3,(H,22,25). The molecule has 1 N–H and O–H groups in total. The van der Waals surface area contributed by atoms with Gasteiger partial charge in [0, 0.05) is 19.6 Å². The minimum absolute atomic E-state index is 0.205. The smallest absolute Gasteiger partial charge is 0.379 e. The molecule has 1 heterocycles. The average molecular weight is 458 g/mol. The van der Waals surface area contributed by atoms with Crippen LogP contribution in [-0.2, 0) is 25.7 Å². The second kappa shape index (κ2) is 9.96. The molecular formula is C17H23ClF3N3O4S. The SMILES string of the molecule is CS(=O)(=O)N(CC(=O)NCCCN1CCOCC1)c1cc(C(F)(F)F)ccc1Cl. The molecule has 1 amide bonds. The number of amides is 1. The van der Waals surface area contributed by atoms with Gasteiger partial charge < -0.3 is 10.1 Å². The lowest BCUT2D eigenvalue weighted by molar-refractivity contribution is -0.137. The Hall–Kier alpha value is -1.56. The number of ether oxygens (including phenoxy) is 1. The number of hydrogen-bond acceptors (Lipinski definition) is 5. The van der Waals surface area contributed by atoms with E-state index in [1.807, 2.05) is 0 Å². The summed E-state index contributed by atoms with van der Waals surface area (Å²) in [5, 5.41) is 2.39. The maximum Gasteiger partial charge on any atom is 0.416 e. The minimum atomic E-state index is -4.68. The van der Waals surface area contributed by atoms with Gasteiger partial charge in [0.1, 0.15) is 6.54 Å². The maximum atomic E-state index is 13.0. The van der Waals surface area contributed by atoms with Crippen molar-refractivity contribution in [2.24, 2.45) is 0 Å². The summed E-state index contributed by atoms with van der Waals surface area (Å²) in [6, 6.07) is 2.32. The summed E-state index contributed by atoms with van der Waals surface area (Å²) in [7, 11) is -4.05. The number of rotatable bonds is 8. The normalized spacial score (nSPS) is 15.9. The zero-order valence-electron chi connectivity index (χ0n) is 15.8. The van der Waals surface area contributed by atoms with Gasteiger partial charge in [-0.1, -0.05) is 11.6 Å². The fraction of sp³-hybridized carbons (Fsp3) is 0.588. The summed E-state index contributed by atoms with van der Waals surface area (Å²) in [4.78, 5) is 14.4. The van der Waals surface area contributed by atoms with Gasteiger partial charge in [-0.25, -0.2) is 8.42 Å². The third kappa shape index (κ3) is 7.32. The van der Waals surface area contributed by atoms with Crippen LogP contribution in [0.25, 0.3) is 0 Å². The second-order valence-corrected chi connectivity index (χ2v) is 8.91. The van der Waals surface area contributed by atoms with Crippen molar-refractivity contribution < 1.29 is 31.1 Å². The highest BCUT2D eigenvalue weighted by atomic mass is 35.5. The monoisotopic (exact) mass is 457 g/mol. The molecule has 7 nitrogen and oxygen atoms in total. The molecule has 12 heteroatoms. The third-order valence-electron chi connectivity index (χ3n) is 4.31. The van der Waals surface area contributed by atoms with Crippen molar-refractivity contribution in [1.82, 2.24) is 10.2 Å². The summed E-state index contributed by atoms with van der Waals surface area (Å²) in [5.74, 6) is -0.633. The number of alkyl halides is 3. The zero-order valence-corrected chi connectivity index (χ0v) is 17.4. The number of morpholine rings is 1. The van der Waals surface area contributed by atoms with Gasteiger partial charge in [-0.05, 0) is 31.2 Å². The molecule has 1 aromatic carbocycles. The molecule has 29 heavy (non-hydrogen) atoms. The first-order chi connectivity index (χ1) is 13.5. The van der Waals surface area contributed by atoms with Crippen LogP contribution < -0.4 is 9.62 Å². The number of carbonyl (C=O) groups excluding carboxylic acids is 1. The Bertz CT molecular complexity index is 815. The first kappa shape index (κ1) is 23.7. The van der Waals surface area contributed by atoms with E-state index in [-0.39, 0.29) is 5.02 Å². The largest absolute Gasteiger partial charge is 0.416 e. The van der Waals surface area contributed by atoms with Crippen molar-refractivity contribution in [3.63, 3.8) is 0 Å². The molecule has 1 aromatic rings. The lowest BCUT2D eigenvalue weighted by Crippen LogP contribution is -2.42. The highest BCUT2D eigenvalue weighted by Gasteiger charge is 2.33. The Labute approximate surface area is 172 Å². The van der Waals surface area contributed by atoms with E-state index < -0.39 is 39.9 Å². The van der Waals surface area contributed by atoms with Crippen LogP contribution >= 0.6 is 11.6 Å². The summed E-state index contributed by atoms with van der Waals surface area (Å²) in [6.07, 6.45) is -3.23.